The molecule has 1 aromatic rings. The molecule has 0 atom stereocenters. The van der Waals surface area contributed by atoms with Gasteiger partial charge < -0.3 is 15.5 Å². The largest absolute Gasteiger partial charge is 0.357 e. The quantitative estimate of drug-likeness (QED) is 0.428. The minimum atomic E-state index is 0.214. The van der Waals surface area contributed by atoms with Crippen LogP contribution in [0.25, 0.3) is 0 Å². The monoisotopic (exact) mass is 356 g/mol. The number of likely N-dealkylation sites (tertiary alicyclic amines) is 1. The molecule has 1 amide bonds. The topological polar surface area (TPSA) is 56.7 Å². The summed E-state index contributed by atoms with van der Waals surface area (Å²) in [5.41, 5.74) is 1.63. The first kappa shape index (κ1) is 18.7. The highest BCUT2D eigenvalue weighted by Gasteiger charge is 2.38. The van der Waals surface area contributed by atoms with Crippen LogP contribution in [0.15, 0.2) is 35.3 Å². The summed E-state index contributed by atoms with van der Waals surface area (Å²) in [5, 5.41) is 6.78. The second kappa shape index (κ2) is 9.06. The van der Waals surface area contributed by atoms with Crippen molar-refractivity contribution in [3.05, 3.63) is 35.9 Å². The number of guanidine groups is 1. The lowest BCUT2D eigenvalue weighted by atomic mass is 9.64. The summed E-state index contributed by atoms with van der Waals surface area (Å²) in [7, 11) is 0. The van der Waals surface area contributed by atoms with E-state index in [2.05, 4.69) is 47.9 Å². The van der Waals surface area contributed by atoms with Crippen LogP contribution in [0.3, 0.4) is 0 Å². The molecule has 142 valence electrons. The molecular weight excluding hydrogens is 324 g/mol. The van der Waals surface area contributed by atoms with E-state index in [1.54, 1.807) is 0 Å². The molecule has 0 spiro atoms. The number of rotatable bonds is 8. The smallest absolute Gasteiger partial charge is 0.222 e. The predicted molar refractivity (Wildman–Crippen MR) is 106 cm³/mol. The van der Waals surface area contributed by atoms with E-state index in [4.69, 9.17) is 4.99 Å². The number of benzene rings is 1. The molecule has 5 heteroatoms. The number of carbonyl (C=O) groups is 1. The van der Waals surface area contributed by atoms with Crippen LogP contribution < -0.4 is 10.6 Å². The second-order valence-corrected chi connectivity index (χ2v) is 7.46. The molecule has 5 nitrogen and oxygen atoms in total. The molecule has 1 saturated heterocycles. The fraction of sp³-hybridized carbons (Fsp3) is 0.619. The number of hydrogen-bond donors (Lipinski definition) is 2. The van der Waals surface area contributed by atoms with Crippen molar-refractivity contribution in [1.82, 2.24) is 15.5 Å². The van der Waals surface area contributed by atoms with E-state index in [0.29, 0.717) is 5.91 Å². The van der Waals surface area contributed by atoms with Gasteiger partial charge >= 0.3 is 0 Å². The number of carbonyl (C=O) groups excluding carboxylic acids is 1. The van der Waals surface area contributed by atoms with Gasteiger partial charge in [0, 0.05) is 38.0 Å². The Bertz CT molecular complexity index is 610. The third-order valence-electron chi connectivity index (χ3n) is 5.65. The summed E-state index contributed by atoms with van der Waals surface area (Å²) >= 11 is 0. The van der Waals surface area contributed by atoms with Gasteiger partial charge in [0.25, 0.3) is 0 Å². The highest BCUT2D eigenvalue weighted by Crippen LogP contribution is 2.43. The Morgan fingerprint density at radius 3 is 2.62 bits per heavy atom. The Kier molecular flexibility index (Phi) is 6.53. The van der Waals surface area contributed by atoms with Gasteiger partial charge in [0.05, 0.1) is 6.54 Å². The van der Waals surface area contributed by atoms with Crippen LogP contribution in [0.2, 0.25) is 0 Å². The van der Waals surface area contributed by atoms with Crippen LogP contribution >= 0.6 is 0 Å². The molecule has 0 radical (unpaired) electrons. The Morgan fingerprint density at radius 1 is 1.19 bits per heavy atom. The summed E-state index contributed by atoms with van der Waals surface area (Å²) in [5.74, 6) is 1.20. The van der Waals surface area contributed by atoms with Gasteiger partial charge in [-0.1, -0.05) is 36.8 Å². The Morgan fingerprint density at radius 2 is 2.00 bits per heavy atom. The highest BCUT2D eigenvalue weighted by molar-refractivity contribution is 5.80. The third kappa shape index (κ3) is 4.57. The number of aliphatic imine (C=N–C) groups is 1. The highest BCUT2D eigenvalue weighted by atomic mass is 16.2. The SMILES string of the molecule is CCNC(=NCC1(c2ccccc2)CCC1)NCCCN1CCCC1=O. The van der Waals surface area contributed by atoms with Crippen molar-refractivity contribution in [2.75, 3.05) is 32.7 Å². The van der Waals surface area contributed by atoms with Crippen molar-refractivity contribution in [2.45, 2.75) is 50.9 Å². The predicted octanol–water partition coefficient (Wildman–Crippen LogP) is 2.68. The lowest BCUT2D eigenvalue weighted by Crippen LogP contribution is -2.42. The first-order chi connectivity index (χ1) is 12.7. The Balaban J connectivity index is 1.51. The molecule has 3 rings (SSSR count). The number of nitrogens with one attached hydrogen (secondary N) is 2. The Hall–Kier alpha value is -2.04. The second-order valence-electron chi connectivity index (χ2n) is 7.46. The van der Waals surface area contributed by atoms with Crippen LogP contribution in [-0.4, -0.2) is 49.5 Å². The molecule has 0 bridgehead atoms. The van der Waals surface area contributed by atoms with Crippen LogP contribution in [0, 0.1) is 0 Å². The molecule has 2 N–H and O–H groups in total. The van der Waals surface area contributed by atoms with Crippen LogP contribution in [-0.2, 0) is 10.2 Å². The molecule has 1 heterocycles. The average molecular weight is 357 g/mol. The van der Waals surface area contributed by atoms with Gasteiger partial charge in [-0.2, -0.15) is 0 Å². The minimum absolute atomic E-state index is 0.214. The molecule has 2 aliphatic rings. The van der Waals surface area contributed by atoms with E-state index >= 15 is 0 Å². The maximum absolute atomic E-state index is 11.7. The van der Waals surface area contributed by atoms with Crippen molar-refractivity contribution in [2.24, 2.45) is 4.99 Å². The van der Waals surface area contributed by atoms with Crippen molar-refractivity contribution >= 4 is 11.9 Å². The van der Waals surface area contributed by atoms with Gasteiger partial charge in [-0.3, -0.25) is 9.79 Å². The Labute approximate surface area is 157 Å². The van der Waals surface area contributed by atoms with Crippen LogP contribution in [0.4, 0.5) is 0 Å². The maximum atomic E-state index is 11.7. The summed E-state index contributed by atoms with van der Waals surface area (Å²) in [6.45, 7) is 6.39. The van der Waals surface area contributed by atoms with Crippen LogP contribution in [0.5, 0.6) is 0 Å². The minimum Gasteiger partial charge on any atom is -0.357 e. The van der Waals surface area contributed by atoms with Gasteiger partial charge in [-0.05, 0) is 38.2 Å². The van der Waals surface area contributed by atoms with Gasteiger partial charge in [0.15, 0.2) is 5.96 Å². The third-order valence-corrected chi connectivity index (χ3v) is 5.65. The number of amides is 1. The fourth-order valence-corrected chi connectivity index (χ4v) is 3.92. The van der Waals surface area contributed by atoms with Gasteiger partial charge in [0.1, 0.15) is 0 Å². The van der Waals surface area contributed by atoms with Crippen molar-refractivity contribution in [3.8, 4) is 0 Å². The summed E-state index contributed by atoms with van der Waals surface area (Å²) in [6, 6.07) is 10.8. The number of hydrogen-bond acceptors (Lipinski definition) is 2. The molecule has 0 aromatic heterocycles. The van der Waals surface area contributed by atoms with E-state index in [-0.39, 0.29) is 5.41 Å². The maximum Gasteiger partial charge on any atom is 0.222 e. The molecule has 26 heavy (non-hydrogen) atoms. The molecule has 1 aromatic carbocycles. The van der Waals surface area contributed by atoms with Crippen molar-refractivity contribution in [3.63, 3.8) is 0 Å². The van der Waals surface area contributed by atoms with Crippen LogP contribution in [0.1, 0.15) is 51.0 Å². The van der Waals surface area contributed by atoms with Crippen molar-refractivity contribution < 1.29 is 4.79 Å². The zero-order chi connectivity index (χ0) is 18.2. The number of nitrogens with zero attached hydrogens (tertiary/aromatic N) is 2. The van der Waals surface area contributed by atoms with E-state index in [9.17, 15) is 4.79 Å². The molecule has 0 unspecified atom stereocenters. The van der Waals surface area contributed by atoms with Crippen molar-refractivity contribution in [1.29, 1.82) is 0 Å². The molecule has 2 fully saturated rings. The van der Waals surface area contributed by atoms with E-state index in [1.807, 2.05) is 4.90 Å². The average Bonchev–Trinajstić information content (AvgIpc) is 3.03. The first-order valence-corrected chi connectivity index (χ1v) is 10.1. The van der Waals surface area contributed by atoms with E-state index in [0.717, 1.165) is 57.9 Å². The lowest BCUT2D eigenvalue weighted by Gasteiger charge is -2.41. The molecular formula is C21H32N4O. The summed E-state index contributed by atoms with van der Waals surface area (Å²) in [4.78, 5) is 18.5. The van der Waals surface area contributed by atoms with E-state index < -0.39 is 0 Å². The molecule has 1 aliphatic carbocycles. The van der Waals surface area contributed by atoms with Gasteiger partial charge in [-0.25, -0.2) is 0 Å². The summed E-state index contributed by atoms with van der Waals surface area (Å²) < 4.78 is 0. The first-order valence-electron chi connectivity index (χ1n) is 10.1. The standard InChI is InChI=1S/C21H32N4O/c1-2-22-20(23-14-8-16-25-15-6-11-19(25)26)24-17-21(12-7-13-21)18-9-4-3-5-10-18/h3-5,9-10H,2,6-8,11-17H2,1H3,(H2,22,23,24). The lowest BCUT2D eigenvalue weighted by molar-refractivity contribution is -0.127. The van der Waals surface area contributed by atoms with Gasteiger partial charge in [0.2, 0.25) is 5.91 Å². The molecule has 1 saturated carbocycles. The summed E-state index contributed by atoms with van der Waals surface area (Å²) in [6.07, 6.45) is 6.42. The zero-order valence-electron chi connectivity index (χ0n) is 16.0. The fourth-order valence-electron chi connectivity index (χ4n) is 3.92. The normalized spacial score (nSPS) is 19.3. The van der Waals surface area contributed by atoms with Gasteiger partial charge in [-0.15, -0.1) is 0 Å². The zero-order valence-corrected chi connectivity index (χ0v) is 16.0. The van der Waals surface area contributed by atoms with E-state index in [1.165, 1.54) is 24.8 Å². The molecule has 1 aliphatic heterocycles.